The van der Waals surface area contributed by atoms with E-state index in [0.29, 0.717) is 13.0 Å². The van der Waals surface area contributed by atoms with E-state index >= 15 is 0 Å². The number of nitrogens with two attached hydrogens (primary N) is 1. The minimum Gasteiger partial charge on any atom is -0.457 e. The lowest BCUT2D eigenvalue weighted by atomic mass is 10.0. The third-order valence-electron chi connectivity index (χ3n) is 9.08. The molecule has 8 nitrogen and oxygen atoms in total. The minimum absolute atomic E-state index is 0.0832. The molecule has 0 heterocycles. The van der Waals surface area contributed by atoms with Crippen LogP contribution in [-0.4, -0.2) is 49.9 Å². The van der Waals surface area contributed by atoms with Crippen LogP contribution in [-0.2, 0) is 27.9 Å². The van der Waals surface area contributed by atoms with Gasteiger partial charge in [-0.2, -0.15) is 0 Å². The first-order valence-corrected chi connectivity index (χ1v) is 24.1. The van der Waals surface area contributed by atoms with Crippen molar-refractivity contribution in [3.05, 3.63) is 85.1 Å². The molecular formula is C48H84NO7P. The lowest BCUT2D eigenvalue weighted by molar-refractivity contribution is -0.154. The van der Waals surface area contributed by atoms with Gasteiger partial charge >= 0.3 is 13.8 Å². The van der Waals surface area contributed by atoms with E-state index in [4.69, 9.17) is 24.3 Å². The van der Waals surface area contributed by atoms with Crippen LogP contribution in [0.15, 0.2) is 85.1 Å². The number of allylic oxidation sites excluding steroid dienone is 14. The van der Waals surface area contributed by atoms with Gasteiger partial charge in [0, 0.05) is 19.6 Å². The van der Waals surface area contributed by atoms with Crippen molar-refractivity contribution in [2.24, 2.45) is 5.73 Å². The molecule has 9 heteroatoms. The lowest BCUT2D eigenvalue weighted by Crippen LogP contribution is -2.28. The van der Waals surface area contributed by atoms with E-state index in [1.54, 1.807) is 0 Å². The fourth-order valence-electron chi connectivity index (χ4n) is 5.80. The highest BCUT2D eigenvalue weighted by molar-refractivity contribution is 7.47. The van der Waals surface area contributed by atoms with Crippen molar-refractivity contribution < 1.29 is 32.8 Å². The summed E-state index contributed by atoms with van der Waals surface area (Å²) in [5.74, 6) is -0.348. The second kappa shape index (κ2) is 44.8. The zero-order valence-corrected chi connectivity index (χ0v) is 37.2. The molecule has 0 saturated heterocycles. The third kappa shape index (κ3) is 44.6. The minimum atomic E-state index is -4.29. The molecular weight excluding hydrogens is 734 g/mol. The zero-order valence-electron chi connectivity index (χ0n) is 36.3. The molecule has 0 rings (SSSR count). The van der Waals surface area contributed by atoms with Crippen molar-refractivity contribution in [1.29, 1.82) is 0 Å². The molecule has 0 aromatic rings. The van der Waals surface area contributed by atoms with Crippen molar-refractivity contribution in [3.8, 4) is 0 Å². The predicted octanol–water partition coefficient (Wildman–Crippen LogP) is 13.7. The molecule has 0 aromatic carbocycles. The summed E-state index contributed by atoms with van der Waals surface area (Å²) in [6.45, 7) is 4.68. The number of carbonyl (C=O) groups excluding carboxylic acids is 1. The number of rotatable bonds is 42. The molecule has 0 spiro atoms. The summed E-state index contributed by atoms with van der Waals surface area (Å²) in [6, 6.07) is 0. The monoisotopic (exact) mass is 818 g/mol. The maximum atomic E-state index is 12.6. The Labute approximate surface area is 349 Å². The van der Waals surface area contributed by atoms with Crippen LogP contribution < -0.4 is 5.73 Å². The molecule has 0 fully saturated rings. The van der Waals surface area contributed by atoms with Crippen LogP contribution >= 0.6 is 7.82 Å². The van der Waals surface area contributed by atoms with Crippen LogP contribution in [0.1, 0.15) is 174 Å². The fourth-order valence-corrected chi connectivity index (χ4v) is 6.56. The van der Waals surface area contributed by atoms with E-state index in [1.165, 1.54) is 70.6 Å². The number of unbranched alkanes of at least 4 members (excludes halogenated alkanes) is 15. The molecule has 2 atom stereocenters. The summed E-state index contributed by atoms with van der Waals surface area (Å²) < 4.78 is 33.4. The normalized spacial score (nSPS) is 14.2. The third-order valence-corrected chi connectivity index (χ3v) is 10.1. The van der Waals surface area contributed by atoms with Crippen LogP contribution in [0.4, 0.5) is 0 Å². The average molecular weight is 818 g/mol. The Morgan fingerprint density at radius 2 is 0.982 bits per heavy atom. The van der Waals surface area contributed by atoms with Gasteiger partial charge in [-0.1, -0.05) is 182 Å². The summed E-state index contributed by atoms with van der Waals surface area (Å²) in [6.07, 6.45) is 57.5. The van der Waals surface area contributed by atoms with Crippen LogP contribution in [0.2, 0.25) is 0 Å². The van der Waals surface area contributed by atoms with E-state index in [9.17, 15) is 14.3 Å². The number of hydrogen-bond donors (Lipinski definition) is 2. The van der Waals surface area contributed by atoms with Crippen molar-refractivity contribution in [3.63, 3.8) is 0 Å². The van der Waals surface area contributed by atoms with Crippen LogP contribution in [0.25, 0.3) is 0 Å². The molecule has 0 bridgehead atoms. The van der Waals surface area contributed by atoms with Crippen LogP contribution in [0.5, 0.6) is 0 Å². The SMILES string of the molecule is CC/C=C\C/C=C\C/C=C\C/C=C\C/C=C\C/C=C\C/C=C\CCCCOCC(COP(=O)(O)OCCN)OC(=O)CCCCCCCCCCCCCCCC. The van der Waals surface area contributed by atoms with Gasteiger partial charge in [0.1, 0.15) is 6.10 Å². The predicted molar refractivity (Wildman–Crippen MR) is 242 cm³/mol. The average Bonchev–Trinajstić information content (AvgIpc) is 3.20. The summed E-state index contributed by atoms with van der Waals surface area (Å²) in [5, 5.41) is 0. The first-order valence-electron chi connectivity index (χ1n) is 22.6. The van der Waals surface area contributed by atoms with Gasteiger partial charge in [0.05, 0.1) is 19.8 Å². The highest BCUT2D eigenvalue weighted by atomic mass is 31.2. The van der Waals surface area contributed by atoms with Gasteiger partial charge in [-0.3, -0.25) is 13.8 Å². The molecule has 57 heavy (non-hydrogen) atoms. The number of ether oxygens (including phenoxy) is 2. The van der Waals surface area contributed by atoms with Gasteiger partial charge in [-0.15, -0.1) is 0 Å². The van der Waals surface area contributed by atoms with E-state index < -0.39 is 13.9 Å². The summed E-state index contributed by atoms with van der Waals surface area (Å²) in [7, 11) is -4.29. The zero-order chi connectivity index (χ0) is 41.6. The number of phosphoric acid groups is 1. The van der Waals surface area contributed by atoms with Gasteiger partial charge in [0.15, 0.2) is 0 Å². The van der Waals surface area contributed by atoms with Gasteiger partial charge in [0.2, 0.25) is 0 Å². The van der Waals surface area contributed by atoms with Crippen LogP contribution in [0.3, 0.4) is 0 Å². The summed E-state index contributed by atoms with van der Waals surface area (Å²) in [4.78, 5) is 22.5. The Bertz CT molecular complexity index is 1140. The van der Waals surface area contributed by atoms with E-state index in [2.05, 4.69) is 98.9 Å². The lowest BCUT2D eigenvalue weighted by Gasteiger charge is -2.20. The summed E-state index contributed by atoms with van der Waals surface area (Å²) >= 11 is 0. The van der Waals surface area contributed by atoms with E-state index in [1.807, 2.05) is 0 Å². The smallest absolute Gasteiger partial charge is 0.457 e. The van der Waals surface area contributed by atoms with Crippen molar-refractivity contribution in [2.75, 3.05) is 33.0 Å². The van der Waals surface area contributed by atoms with Gasteiger partial charge in [-0.05, 0) is 70.6 Å². The molecule has 328 valence electrons. The van der Waals surface area contributed by atoms with Crippen molar-refractivity contribution in [1.82, 2.24) is 0 Å². The Hall–Kier alpha value is -2.32. The molecule has 2 unspecified atom stereocenters. The van der Waals surface area contributed by atoms with Crippen molar-refractivity contribution >= 4 is 13.8 Å². The Balaban J connectivity index is 4.12. The fraction of sp³-hybridized carbons (Fsp3) is 0.688. The van der Waals surface area contributed by atoms with E-state index in [-0.39, 0.29) is 32.3 Å². The topological polar surface area (TPSA) is 117 Å². The number of hydrogen-bond acceptors (Lipinski definition) is 7. The second-order valence-corrected chi connectivity index (χ2v) is 16.0. The number of esters is 1. The standard InChI is InChI=1S/C48H84NO7P/c1-3-5-7-9-11-13-15-17-19-20-21-22-23-24-25-26-27-28-30-32-34-36-38-40-43-53-45-47(46-55-57(51,52)54-44-42-49)56-48(50)41-39-37-35-33-31-29-18-16-14-12-10-8-6-4-2/h5,7,11,13,17,19,21-22,24-25,27-28,32,34,47H,3-4,6,8-10,12,14-16,18,20,23,26,29-31,33,35-46,49H2,1-2H3,(H,51,52)/b7-5-,13-11-,19-17-,22-21-,25-24-,28-27-,34-32-. The highest BCUT2D eigenvalue weighted by Crippen LogP contribution is 2.43. The molecule has 0 radical (unpaired) electrons. The second-order valence-electron chi connectivity index (χ2n) is 14.5. The van der Waals surface area contributed by atoms with Crippen LogP contribution in [0, 0.1) is 0 Å². The quantitative estimate of drug-likeness (QED) is 0.0271. The molecule has 3 N–H and O–H groups in total. The Morgan fingerprint density at radius 1 is 0.544 bits per heavy atom. The first kappa shape index (κ1) is 54.7. The molecule has 0 aliphatic heterocycles. The van der Waals surface area contributed by atoms with Gasteiger partial charge in [0.25, 0.3) is 0 Å². The number of carbonyl (C=O) groups is 1. The van der Waals surface area contributed by atoms with E-state index in [0.717, 1.165) is 83.5 Å². The summed E-state index contributed by atoms with van der Waals surface area (Å²) in [5.41, 5.74) is 5.37. The number of phosphoric ester groups is 1. The van der Waals surface area contributed by atoms with Gasteiger partial charge < -0.3 is 20.1 Å². The van der Waals surface area contributed by atoms with Gasteiger partial charge in [-0.25, -0.2) is 4.57 Å². The highest BCUT2D eigenvalue weighted by Gasteiger charge is 2.25. The maximum absolute atomic E-state index is 12.6. The molecule has 0 saturated carbocycles. The molecule has 0 aromatic heterocycles. The molecule has 0 amide bonds. The molecule has 0 aliphatic carbocycles. The first-order chi connectivity index (χ1) is 27.9. The largest absolute Gasteiger partial charge is 0.472 e. The maximum Gasteiger partial charge on any atom is 0.472 e. The molecule has 0 aliphatic rings. The van der Waals surface area contributed by atoms with Crippen molar-refractivity contribution in [2.45, 2.75) is 180 Å². The Kier molecular flexibility index (Phi) is 43.0. The Morgan fingerprint density at radius 3 is 1.44 bits per heavy atom.